The summed E-state index contributed by atoms with van der Waals surface area (Å²) in [6.45, 7) is 6.03. The maximum atomic E-state index is 12.5. The molecule has 3 aromatic rings. The highest BCUT2D eigenvalue weighted by Gasteiger charge is 2.15. The molecule has 8 heteroatoms. The van der Waals surface area contributed by atoms with E-state index in [0.717, 1.165) is 5.56 Å². The van der Waals surface area contributed by atoms with Crippen molar-refractivity contribution >= 4 is 23.4 Å². The average molecular weight is 476 g/mol. The number of benzene rings is 3. The number of carbonyl (C=O) groups is 3. The van der Waals surface area contributed by atoms with Crippen LogP contribution in [0.2, 0.25) is 0 Å². The number of ether oxygens (including phenoxy) is 2. The summed E-state index contributed by atoms with van der Waals surface area (Å²) in [5.41, 5.74) is 7.17. The highest BCUT2D eigenvalue weighted by molar-refractivity contribution is 6.04. The molecule has 0 saturated heterocycles. The van der Waals surface area contributed by atoms with Gasteiger partial charge in [0.25, 0.3) is 17.7 Å². The second-order valence-corrected chi connectivity index (χ2v) is 8.80. The van der Waals surface area contributed by atoms with Gasteiger partial charge in [0.15, 0.2) is 18.1 Å². The van der Waals surface area contributed by atoms with Crippen molar-refractivity contribution < 1.29 is 23.9 Å². The van der Waals surface area contributed by atoms with Crippen LogP contribution in [0.1, 0.15) is 47.1 Å². The zero-order valence-corrected chi connectivity index (χ0v) is 20.2. The molecule has 0 unspecified atom stereocenters. The Labute approximate surface area is 204 Å². The summed E-state index contributed by atoms with van der Waals surface area (Å²) < 4.78 is 10.6. The molecule has 0 radical (unpaired) electrons. The number of amides is 3. The van der Waals surface area contributed by atoms with Gasteiger partial charge in [-0.1, -0.05) is 45.0 Å². The van der Waals surface area contributed by atoms with Crippen molar-refractivity contribution in [2.75, 3.05) is 19.0 Å². The third kappa shape index (κ3) is 7.07. The highest BCUT2D eigenvalue weighted by Crippen LogP contribution is 2.25. The maximum absolute atomic E-state index is 12.5. The first-order chi connectivity index (χ1) is 16.7. The van der Waals surface area contributed by atoms with Crippen LogP contribution in [0.25, 0.3) is 0 Å². The normalized spacial score (nSPS) is 10.7. The van der Waals surface area contributed by atoms with E-state index in [2.05, 4.69) is 36.9 Å². The number of nitrogens with one attached hydrogen (secondary N) is 3. The molecule has 0 bridgehead atoms. The molecule has 0 aliphatic carbocycles. The van der Waals surface area contributed by atoms with Gasteiger partial charge in [0.2, 0.25) is 0 Å². The van der Waals surface area contributed by atoms with E-state index in [-0.39, 0.29) is 17.9 Å². The van der Waals surface area contributed by atoms with Gasteiger partial charge in [-0.05, 0) is 59.5 Å². The van der Waals surface area contributed by atoms with Crippen molar-refractivity contribution in [2.24, 2.45) is 0 Å². The average Bonchev–Trinajstić information content (AvgIpc) is 2.86. The van der Waals surface area contributed by atoms with Gasteiger partial charge in [-0.2, -0.15) is 0 Å². The summed E-state index contributed by atoms with van der Waals surface area (Å²) in [7, 11) is 1.50. The smallest absolute Gasteiger partial charge is 0.276 e. The summed E-state index contributed by atoms with van der Waals surface area (Å²) in [6, 6.07) is 20.7. The zero-order chi connectivity index (χ0) is 25.4. The summed E-state index contributed by atoms with van der Waals surface area (Å²) in [6.07, 6.45) is 0. The molecule has 3 amide bonds. The topological polar surface area (TPSA) is 106 Å². The Balaban J connectivity index is 1.48. The molecule has 182 valence electrons. The quantitative estimate of drug-likeness (QED) is 0.447. The molecule has 0 atom stereocenters. The number of rotatable bonds is 7. The van der Waals surface area contributed by atoms with Gasteiger partial charge in [-0.15, -0.1) is 0 Å². The molecule has 3 aromatic carbocycles. The summed E-state index contributed by atoms with van der Waals surface area (Å²) in [4.78, 5) is 36.8. The molecule has 0 heterocycles. The Hall–Kier alpha value is -4.33. The van der Waals surface area contributed by atoms with Gasteiger partial charge in [0.05, 0.1) is 7.11 Å². The largest absolute Gasteiger partial charge is 0.493 e. The Morgan fingerprint density at radius 2 is 1.31 bits per heavy atom. The Kier molecular flexibility index (Phi) is 8.09. The number of hydrazine groups is 1. The van der Waals surface area contributed by atoms with Crippen molar-refractivity contribution in [3.8, 4) is 11.5 Å². The van der Waals surface area contributed by atoms with Gasteiger partial charge in [0.1, 0.15) is 0 Å². The first-order valence-electron chi connectivity index (χ1n) is 11.0. The third-order valence-corrected chi connectivity index (χ3v) is 5.16. The minimum absolute atomic E-state index is 0.00729. The van der Waals surface area contributed by atoms with Crippen molar-refractivity contribution in [2.45, 2.75) is 26.2 Å². The van der Waals surface area contributed by atoms with Crippen LogP contribution in [0.3, 0.4) is 0 Å². The van der Waals surface area contributed by atoms with Crippen molar-refractivity contribution in [3.63, 3.8) is 0 Å². The van der Waals surface area contributed by atoms with Crippen molar-refractivity contribution in [1.29, 1.82) is 0 Å². The lowest BCUT2D eigenvalue weighted by Gasteiger charge is -2.19. The first-order valence-corrected chi connectivity index (χ1v) is 11.0. The molecule has 0 saturated carbocycles. The van der Waals surface area contributed by atoms with Crippen LogP contribution in [-0.4, -0.2) is 31.4 Å². The van der Waals surface area contributed by atoms with E-state index in [9.17, 15) is 14.4 Å². The van der Waals surface area contributed by atoms with Gasteiger partial charge >= 0.3 is 0 Å². The van der Waals surface area contributed by atoms with Crippen LogP contribution in [0.15, 0.2) is 72.8 Å². The molecule has 8 nitrogen and oxygen atoms in total. The third-order valence-electron chi connectivity index (χ3n) is 5.16. The van der Waals surface area contributed by atoms with Crippen LogP contribution in [-0.2, 0) is 10.2 Å². The molecule has 3 rings (SSSR count). The monoisotopic (exact) mass is 475 g/mol. The van der Waals surface area contributed by atoms with Crippen LogP contribution in [0.5, 0.6) is 11.5 Å². The molecule has 35 heavy (non-hydrogen) atoms. The summed E-state index contributed by atoms with van der Waals surface area (Å²) in [5.74, 6) is -0.375. The lowest BCUT2D eigenvalue weighted by molar-refractivity contribution is -0.123. The second-order valence-electron chi connectivity index (χ2n) is 8.80. The zero-order valence-electron chi connectivity index (χ0n) is 20.2. The predicted molar refractivity (Wildman–Crippen MR) is 134 cm³/mol. The van der Waals surface area contributed by atoms with E-state index in [1.54, 1.807) is 60.7 Å². The van der Waals surface area contributed by atoms with E-state index in [1.807, 2.05) is 12.1 Å². The number of methoxy groups -OCH3 is 1. The number of hydrogen-bond acceptors (Lipinski definition) is 5. The minimum Gasteiger partial charge on any atom is -0.493 e. The fourth-order valence-electron chi connectivity index (χ4n) is 3.15. The molecule has 0 aliphatic heterocycles. The van der Waals surface area contributed by atoms with Crippen molar-refractivity contribution in [3.05, 3.63) is 89.5 Å². The van der Waals surface area contributed by atoms with Crippen molar-refractivity contribution in [1.82, 2.24) is 10.9 Å². The Morgan fingerprint density at radius 3 is 1.91 bits per heavy atom. The molecule has 0 aromatic heterocycles. The fourth-order valence-corrected chi connectivity index (χ4v) is 3.15. The van der Waals surface area contributed by atoms with E-state index < -0.39 is 11.8 Å². The minimum atomic E-state index is -0.536. The molecule has 0 fully saturated rings. The number of anilines is 1. The summed E-state index contributed by atoms with van der Waals surface area (Å²) in [5, 5.41) is 2.81. The van der Waals surface area contributed by atoms with E-state index in [4.69, 9.17) is 9.47 Å². The SMILES string of the molecule is COc1ccccc1OCC(=O)NNC(=O)c1ccc(NC(=O)c2ccc(C(C)(C)C)cc2)cc1. The number of carbonyl (C=O) groups excluding carboxylic acids is 3. The van der Waals surface area contributed by atoms with Gasteiger partial charge < -0.3 is 14.8 Å². The summed E-state index contributed by atoms with van der Waals surface area (Å²) >= 11 is 0. The van der Waals surface area contributed by atoms with Gasteiger partial charge in [0, 0.05) is 16.8 Å². The fraction of sp³-hybridized carbons (Fsp3) is 0.222. The standard InChI is InChI=1S/C27H29N3O5/c1-27(2,3)20-13-9-18(10-14-20)25(32)28-21-15-11-19(12-16-21)26(33)30-29-24(31)17-35-23-8-6-5-7-22(23)34-4/h5-16H,17H2,1-4H3,(H,28,32)(H,29,31)(H,30,33). The van der Waals surface area contributed by atoms with Crippen LogP contribution in [0, 0.1) is 0 Å². The maximum Gasteiger partial charge on any atom is 0.276 e. The molecule has 3 N–H and O–H groups in total. The first kappa shape index (κ1) is 25.3. The number of hydrogen-bond donors (Lipinski definition) is 3. The van der Waals surface area contributed by atoms with E-state index >= 15 is 0 Å². The van der Waals surface area contributed by atoms with Crippen LogP contribution >= 0.6 is 0 Å². The highest BCUT2D eigenvalue weighted by atomic mass is 16.5. The van der Waals surface area contributed by atoms with E-state index in [1.165, 1.54) is 7.11 Å². The lowest BCUT2D eigenvalue weighted by atomic mass is 9.87. The second kappa shape index (κ2) is 11.2. The lowest BCUT2D eigenvalue weighted by Crippen LogP contribution is -2.43. The molecule has 0 spiro atoms. The molecular formula is C27H29N3O5. The Bertz CT molecular complexity index is 1180. The van der Waals surface area contributed by atoms with Crippen LogP contribution < -0.4 is 25.6 Å². The predicted octanol–water partition coefficient (Wildman–Crippen LogP) is 4.09. The van der Waals surface area contributed by atoms with Gasteiger partial charge in [-0.25, -0.2) is 0 Å². The van der Waals surface area contributed by atoms with Gasteiger partial charge in [-0.3, -0.25) is 25.2 Å². The Morgan fingerprint density at radius 1 is 0.743 bits per heavy atom. The van der Waals surface area contributed by atoms with E-state index in [0.29, 0.717) is 28.3 Å². The number of para-hydroxylation sites is 2. The molecular weight excluding hydrogens is 446 g/mol. The van der Waals surface area contributed by atoms with Crippen LogP contribution in [0.4, 0.5) is 5.69 Å². The molecule has 0 aliphatic rings.